The lowest BCUT2D eigenvalue weighted by atomic mass is 10.0. The van der Waals surface area contributed by atoms with Crippen LogP contribution in [0.5, 0.6) is 0 Å². The fraction of sp³-hybridized carbons (Fsp3) is 0.222. The van der Waals surface area contributed by atoms with Crippen molar-refractivity contribution in [2.24, 2.45) is 0 Å². The predicted molar refractivity (Wildman–Crippen MR) is 40.9 cm³/mol. The van der Waals surface area contributed by atoms with E-state index >= 15 is 0 Å². The Kier molecular flexibility index (Phi) is 1.94. The van der Waals surface area contributed by atoms with Gasteiger partial charge in [0, 0.05) is 0 Å². The van der Waals surface area contributed by atoms with Gasteiger partial charge in [0.1, 0.15) is 0 Å². The first-order valence-corrected chi connectivity index (χ1v) is 3.40. The molecule has 0 fully saturated rings. The minimum absolute atomic E-state index is 0.282. The van der Waals surface area contributed by atoms with Crippen molar-refractivity contribution in [2.75, 3.05) is 0 Å². The summed E-state index contributed by atoms with van der Waals surface area (Å²) < 4.78 is 0. The van der Waals surface area contributed by atoms with E-state index in [1.165, 1.54) is 0 Å². The number of benzene rings is 1. The Labute approximate surface area is 65.5 Å². The number of rotatable bonds is 1. The first-order valence-electron chi connectivity index (χ1n) is 3.40. The second-order valence-electron chi connectivity index (χ2n) is 2.53. The van der Waals surface area contributed by atoms with Crippen molar-refractivity contribution in [3.05, 3.63) is 34.9 Å². The van der Waals surface area contributed by atoms with E-state index in [0.717, 1.165) is 11.1 Å². The molecule has 0 unspecified atom stereocenters. The van der Waals surface area contributed by atoms with E-state index in [2.05, 4.69) is 0 Å². The maximum absolute atomic E-state index is 10.5. The molecule has 0 aliphatic carbocycles. The van der Waals surface area contributed by atoms with Crippen molar-refractivity contribution in [3.8, 4) is 0 Å². The van der Waals surface area contributed by atoms with E-state index in [1.54, 1.807) is 19.1 Å². The molecule has 1 aromatic rings. The van der Waals surface area contributed by atoms with Crippen molar-refractivity contribution in [1.29, 1.82) is 0 Å². The Morgan fingerprint density at radius 2 is 1.91 bits per heavy atom. The molecule has 0 bridgehead atoms. The Morgan fingerprint density at radius 3 is 2.36 bits per heavy atom. The van der Waals surface area contributed by atoms with Gasteiger partial charge in [-0.05, 0) is 31.0 Å². The van der Waals surface area contributed by atoms with Crippen molar-refractivity contribution < 1.29 is 9.90 Å². The molecule has 2 nitrogen and oxygen atoms in total. The average Bonchev–Trinajstić information content (AvgIpc) is 1.94. The Hall–Kier alpha value is -1.31. The number of hydrogen-bond acceptors (Lipinski definition) is 1. The highest BCUT2D eigenvalue weighted by Crippen LogP contribution is 2.11. The highest BCUT2D eigenvalue weighted by molar-refractivity contribution is 5.89. The zero-order chi connectivity index (χ0) is 8.43. The second-order valence-corrected chi connectivity index (χ2v) is 2.53. The smallest absolute Gasteiger partial charge is 0.241 e. The van der Waals surface area contributed by atoms with Crippen LogP contribution in [-0.2, 0) is 5.11 Å². The van der Waals surface area contributed by atoms with Crippen LogP contribution in [-0.4, -0.2) is 5.97 Å². The molecule has 0 aliphatic heterocycles. The molecule has 0 N–H and O–H groups in total. The van der Waals surface area contributed by atoms with Crippen LogP contribution in [0.4, 0.5) is 0 Å². The lowest BCUT2D eigenvalue weighted by Crippen LogP contribution is -1.98. The fourth-order valence-corrected chi connectivity index (χ4v) is 0.972. The minimum Gasteiger partial charge on any atom is -0.241 e. The number of hydrogen-bond donors (Lipinski definition) is 0. The highest BCUT2D eigenvalue weighted by atomic mass is 16.4. The van der Waals surface area contributed by atoms with E-state index in [9.17, 15) is 9.90 Å². The third kappa shape index (κ3) is 1.40. The van der Waals surface area contributed by atoms with E-state index in [-0.39, 0.29) is 5.56 Å². The van der Waals surface area contributed by atoms with E-state index in [0.29, 0.717) is 0 Å². The van der Waals surface area contributed by atoms with Crippen LogP contribution in [0.3, 0.4) is 0 Å². The van der Waals surface area contributed by atoms with Crippen molar-refractivity contribution in [3.63, 3.8) is 0 Å². The van der Waals surface area contributed by atoms with E-state index in [1.807, 2.05) is 13.0 Å². The van der Waals surface area contributed by atoms with Crippen molar-refractivity contribution >= 4 is 5.97 Å². The van der Waals surface area contributed by atoms with Gasteiger partial charge in [0.15, 0.2) is 0 Å². The third-order valence-corrected chi connectivity index (χ3v) is 1.82. The van der Waals surface area contributed by atoms with Gasteiger partial charge >= 0.3 is 5.97 Å². The predicted octanol–water partition coefficient (Wildman–Crippen LogP) is 1.87. The van der Waals surface area contributed by atoms with Crippen LogP contribution in [0.1, 0.15) is 21.5 Å². The molecule has 57 valence electrons. The summed E-state index contributed by atoms with van der Waals surface area (Å²) in [5.74, 6) is -1.11. The van der Waals surface area contributed by atoms with Gasteiger partial charge in [0.05, 0.1) is 5.56 Å². The maximum atomic E-state index is 10.5. The van der Waals surface area contributed by atoms with Gasteiger partial charge in [-0.2, -0.15) is 0 Å². The zero-order valence-electron chi connectivity index (χ0n) is 6.55. The summed E-state index contributed by atoms with van der Waals surface area (Å²) in [4.78, 5) is 10.5. The van der Waals surface area contributed by atoms with E-state index in [4.69, 9.17) is 0 Å². The molecule has 0 amide bonds. The normalized spacial score (nSPS) is 9.64. The molecule has 1 aromatic carbocycles. The lowest BCUT2D eigenvalue weighted by Gasteiger charge is -2.00. The van der Waals surface area contributed by atoms with Gasteiger partial charge in [-0.15, -0.1) is 0 Å². The molecule has 1 rings (SSSR count). The van der Waals surface area contributed by atoms with Crippen LogP contribution >= 0.6 is 0 Å². The molecule has 0 atom stereocenters. The molecule has 0 spiro atoms. The van der Waals surface area contributed by atoms with Crippen LogP contribution in [0.2, 0.25) is 0 Å². The monoisotopic (exact) mass is 149 g/mol. The van der Waals surface area contributed by atoms with Gasteiger partial charge in [-0.3, -0.25) is 0 Å². The SMILES string of the molecule is Cc1cccc(C([O])=O)c1C. The average molecular weight is 149 g/mol. The molecule has 0 aromatic heterocycles. The summed E-state index contributed by atoms with van der Waals surface area (Å²) in [6.07, 6.45) is 0. The molecule has 0 saturated carbocycles. The number of aryl methyl sites for hydroxylation is 1. The van der Waals surface area contributed by atoms with Gasteiger partial charge < -0.3 is 0 Å². The van der Waals surface area contributed by atoms with Crippen LogP contribution in [0, 0.1) is 13.8 Å². The zero-order valence-corrected chi connectivity index (χ0v) is 6.55. The van der Waals surface area contributed by atoms with Crippen LogP contribution < -0.4 is 0 Å². The number of carbonyl (C=O) groups is 1. The van der Waals surface area contributed by atoms with Crippen LogP contribution in [0.25, 0.3) is 0 Å². The Balaban J connectivity index is 3.27. The van der Waals surface area contributed by atoms with Gasteiger partial charge in [0.2, 0.25) is 0 Å². The third-order valence-electron chi connectivity index (χ3n) is 1.82. The highest BCUT2D eigenvalue weighted by Gasteiger charge is 2.08. The summed E-state index contributed by atoms with van der Waals surface area (Å²) in [5, 5.41) is 10.5. The molecule has 0 heterocycles. The molecular weight excluding hydrogens is 140 g/mol. The van der Waals surface area contributed by atoms with Crippen molar-refractivity contribution in [1.82, 2.24) is 0 Å². The minimum atomic E-state index is -1.11. The Morgan fingerprint density at radius 1 is 1.27 bits per heavy atom. The summed E-state index contributed by atoms with van der Waals surface area (Å²) in [6, 6.07) is 5.15. The van der Waals surface area contributed by atoms with Gasteiger partial charge in [-0.1, -0.05) is 12.1 Å². The van der Waals surface area contributed by atoms with E-state index < -0.39 is 5.97 Å². The molecule has 1 radical (unpaired) electrons. The Bertz CT molecular complexity index is 290. The molecule has 0 saturated heterocycles. The van der Waals surface area contributed by atoms with Gasteiger partial charge in [-0.25, -0.2) is 9.90 Å². The molecular formula is C9H9O2. The van der Waals surface area contributed by atoms with Crippen molar-refractivity contribution in [2.45, 2.75) is 13.8 Å². The second kappa shape index (κ2) is 2.74. The summed E-state index contributed by atoms with van der Waals surface area (Å²) in [7, 11) is 0. The first-order chi connectivity index (χ1) is 5.13. The maximum Gasteiger partial charge on any atom is 0.386 e. The molecule has 0 aliphatic rings. The summed E-state index contributed by atoms with van der Waals surface area (Å²) >= 11 is 0. The topological polar surface area (TPSA) is 37.0 Å². The summed E-state index contributed by atoms with van der Waals surface area (Å²) in [6.45, 7) is 3.66. The lowest BCUT2D eigenvalue weighted by molar-refractivity contribution is 0.0572. The standard InChI is InChI=1S/C9H9O2/c1-6-4-3-5-8(7(6)2)9(10)11/h3-5H,1-2H3. The quantitative estimate of drug-likeness (QED) is 0.600. The van der Waals surface area contributed by atoms with Crippen LogP contribution in [0.15, 0.2) is 18.2 Å². The molecule has 11 heavy (non-hydrogen) atoms. The molecule has 2 heteroatoms. The first kappa shape index (κ1) is 7.79. The van der Waals surface area contributed by atoms with Gasteiger partial charge in [0.25, 0.3) is 0 Å². The summed E-state index contributed by atoms with van der Waals surface area (Å²) in [5.41, 5.74) is 2.05. The fourth-order valence-electron chi connectivity index (χ4n) is 0.972. The number of carbonyl (C=O) groups excluding carboxylic acids is 1. The largest absolute Gasteiger partial charge is 0.386 e.